The van der Waals surface area contributed by atoms with Crippen LogP contribution in [0.25, 0.3) is 0 Å². The van der Waals surface area contributed by atoms with Gasteiger partial charge in [0.05, 0.1) is 0 Å². The minimum absolute atomic E-state index is 0.190. The van der Waals surface area contributed by atoms with Crippen molar-refractivity contribution in [2.75, 3.05) is 0 Å². The van der Waals surface area contributed by atoms with Crippen LogP contribution in [0.15, 0.2) is 54.6 Å². The molecule has 24 heavy (non-hydrogen) atoms. The molecular formula is C19H21NO4. The molecule has 0 aliphatic carbocycles. The highest BCUT2D eigenvalue weighted by atomic mass is 16.5. The number of amides is 1. The smallest absolute Gasteiger partial charge is 0.326 e. The van der Waals surface area contributed by atoms with E-state index in [9.17, 15) is 9.59 Å². The van der Waals surface area contributed by atoms with E-state index in [2.05, 4.69) is 5.32 Å². The lowest BCUT2D eigenvalue weighted by molar-refractivity contribution is -0.140. The molecule has 0 spiro atoms. The number of carbonyl (C=O) groups excluding carboxylic acids is 1. The first kappa shape index (κ1) is 17.5. The summed E-state index contributed by atoms with van der Waals surface area (Å²) in [5.74, 6) is -0.844. The normalized spacial score (nSPS) is 11.8. The minimum Gasteiger partial charge on any atom is -0.489 e. The summed E-state index contributed by atoms with van der Waals surface area (Å²) in [4.78, 5) is 23.3. The average Bonchev–Trinajstić information content (AvgIpc) is 2.58. The molecule has 126 valence electrons. The fourth-order valence-electron chi connectivity index (χ4n) is 2.17. The second-order valence-corrected chi connectivity index (χ2v) is 5.83. The molecule has 5 heteroatoms. The van der Waals surface area contributed by atoms with Gasteiger partial charge in [-0.2, -0.15) is 0 Å². The predicted octanol–water partition coefficient (Wildman–Crippen LogP) is 3.10. The van der Waals surface area contributed by atoms with E-state index < -0.39 is 17.9 Å². The molecule has 0 bridgehead atoms. The molecule has 0 aliphatic rings. The van der Waals surface area contributed by atoms with Gasteiger partial charge in [-0.15, -0.1) is 0 Å². The van der Waals surface area contributed by atoms with Gasteiger partial charge in [0.25, 0.3) is 5.91 Å². The molecular weight excluding hydrogens is 306 g/mol. The SMILES string of the molecule is CC(C)[C@@H](NC(=O)c1ccc(COc2ccccc2)cc1)C(=O)O. The van der Waals surface area contributed by atoms with E-state index in [4.69, 9.17) is 9.84 Å². The van der Waals surface area contributed by atoms with Crippen molar-refractivity contribution in [1.29, 1.82) is 0 Å². The molecule has 0 heterocycles. The van der Waals surface area contributed by atoms with Gasteiger partial charge >= 0.3 is 5.97 Å². The zero-order chi connectivity index (χ0) is 17.5. The number of para-hydroxylation sites is 1. The number of hydrogen-bond acceptors (Lipinski definition) is 3. The van der Waals surface area contributed by atoms with Crippen LogP contribution in [0.4, 0.5) is 0 Å². The Morgan fingerprint density at radius 3 is 2.21 bits per heavy atom. The number of carboxylic acids is 1. The minimum atomic E-state index is -1.04. The van der Waals surface area contributed by atoms with E-state index in [0.29, 0.717) is 12.2 Å². The summed E-state index contributed by atoms with van der Waals surface area (Å²) >= 11 is 0. The highest BCUT2D eigenvalue weighted by molar-refractivity contribution is 5.96. The second-order valence-electron chi connectivity index (χ2n) is 5.83. The fourth-order valence-corrected chi connectivity index (χ4v) is 2.17. The van der Waals surface area contributed by atoms with Crippen LogP contribution in [0.3, 0.4) is 0 Å². The van der Waals surface area contributed by atoms with Crippen LogP contribution >= 0.6 is 0 Å². The fraction of sp³-hybridized carbons (Fsp3) is 0.263. The molecule has 0 saturated heterocycles. The molecule has 0 fully saturated rings. The summed E-state index contributed by atoms with van der Waals surface area (Å²) in [5.41, 5.74) is 1.35. The summed E-state index contributed by atoms with van der Waals surface area (Å²) in [6.45, 7) is 3.90. The third kappa shape index (κ3) is 4.84. The number of carbonyl (C=O) groups is 2. The van der Waals surface area contributed by atoms with Crippen LogP contribution in [0.2, 0.25) is 0 Å². The number of ether oxygens (including phenoxy) is 1. The van der Waals surface area contributed by atoms with Crippen molar-refractivity contribution in [2.24, 2.45) is 5.92 Å². The molecule has 2 aromatic carbocycles. The van der Waals surface area contributed by atoms with Crippen molar-refractivity contribution in [2.45, 2.75) is 26.5 Å². The van der Waals surface area contributed by atoms with Gasteiger partial charge in [0.15, 0.2) is 0 Å². The molecule has 0 unspecified atom stereocenters. The Kier molecular flexibility index (Phi) is 5.95. The number of rotatable bonds is 7. The maximum Gasteiger partial charge on any atom is 0.326 e. The summed E-state index contributed by atoms with van der Waals surface area (Å²) in [6, 6.07) is 15.5. The van der Waals surface area contributed by atoms with Crippen molar-refractivity contribution in [1.82, 2.24) is 5.32 Å². The van der Waals surface area contributed by atoms with Crippen molar-refractivity contribution >= 4 is 11.9 Å². The lowest BCUT2D eigenvalue weighted by atomic mass is 10.0. The van der Waals surface area contributed by atoms with Crippen LogP contribution in [0.5, 0.6) is 5.75 Å². The average molecular weight is 327 g/mol. The molecule has 0 saturated carbocycles. The van der Waals surface area contributed by atoms with Crippen LogP contribution in [-0.4, -0.2) is 23.0 Å². The Hall–Kier alpha value is -2.82. The first-order chi connectivity index (χ1) is 11.5. The number of benzene rings is 2. The molecule has 0 radical (unpaired) electrons. The van der Waals surface area contributed by atoms with E-state index in [1.807, 2.05) is 30.3 Å². The van der Waals surface area contributed by atoms with Gasteiger partial charge in [-0.1, -0.05) is 44.2 Å². The largest absolute Gasteiger partial charge is 0.489 e. The van der Waals surface area contributed by atoms with Crippen LogP contribution in [-0.2, 0) is 11.4 Å². The van der Waals surface area contributed by atoms with E-state index in [1.54, 1.807) is 38.1 Å². The highest BCUT2D eigenvalue weighted by Gasteiger charge is 2.23. The zero-order valence-corrected chi connectivity index (χ0v) is 13.7. The first-order valence-corrected chi connectivity index (χ1v) is 7.78. The van der Waals surface area contributed by atoms with Crippen LogP contribution in [0, 0.1) is 5.92 Å². The summed E-state index contributed by atoms with van der Waals surface area (Å²) in [7, 11) is 0. The van der Waals surface area contributed by atoms with Gasteiger partial charge in [-0.3, -0.25) is 4.79 Å². The third-order valence-electron chi connectivity index (χ3n) is 3.58. The molecule has 0 aliphatic heterocycles. The lowest BCUT2D eigenvalue weighted by Gasteiger charge is -2.18. The van der Waals surface area contributed by atoms with E-state index in [1.165, 1.54) is 0 Å². The maximum absolute atomic E-state index is 12.1. The van der Waals surface area contributed by atoms with Gasteiger partial charge in [-0.05, 0) is 35.7 Å². The van der Waals surface area contributed by atoms with Gasteiger partial charge < -0.3 is 15.2 Å². The van der Waals surface area contributed by atoms with Crippen LogP contribution < -0.4 is 10.1 Å². The molecule has 2 aromatic rings. The number of carboxylic acid groups (broad SMARTS) is 1. The molecule has 1 amide bonds. The highest BCUT2D eigenvalue weighted by Crippen LogP contribution is 2.13. The standard InChI is InChI=1S/C19H21NO4/c1-13(2)17(19(22)23)20-18(21)15-10-8-14(9-11-15)12-24-16-6-4-3-5-7-16/h3-11,13,17H,12H2,1-2H3,(H,20,21)(H,22,23)/t17-/m1/s1. The molecule has 5 nitrogen and oxygen atoms in total. The predicted molar refractivity (Wildman–Crippen MR) is 90.9 cm³/mol. The maximum atomic E-state index is 12.1. The van der Waals surface area contributed by atoms with E-state index in [0.717, 1.165) is 11.3 Å². The zero-order valence-electron chi connectivity index (χ0n) is 13.7. The van der Waals surface area contributed by atoms with Crippen molar-refractivity contribution in [3.05, 3.63) is 65.7 Å². The monoisotopic (exact) mass is 327 g/mol. The third-order valence-corrected chi connectivity index (χ3v) is 3.58. The lowest BCUT2D eigenvalue weighted by Crippen LogP contribution is -2.44. The topological polar surface area (TPSA) is 75.6 Å². The van der Waals surface area contributed by atoms with Crippen LogP contribution in [0.1, 0.15) is 29.8 Å². The van der Waals surface area contributed by atoms with Crippen molar-refractivity contribution < 1.29 is 19.4 Å². The van der Waals surface area contributed by atoms with E-state index in [-0.39, 0.29) is 5.92 Å². The summed E-state index contributed by atoms with van der Waals surface area (Å²) in [5, 5.41) is 11.7. The van der Waals surface area contributed by atoms with Gasteiger partial charge in [0.2, 0.25) is 0 Å². The summed E-state index contributed by atoms with van der Waals surface area (Å²) in [6.07, 6.45) is 0. The molecule has 2 rings (SSSR count). The van der Waals surface area contributed by atoms with Crippen molar-refractivity contribution in [3.63, 3.8) is 0 Å². The Bertz CT molecular complexity index is 680. The Morgan fingerprint density at radius 1 is 1.04 bits per heavy atom. The number of aliphatic carboxylic acids is 1. The van der Waals surface area contributed by atoms with E-state index >= 15 is 0 Å². The quantitative estimate of drug-likeness (QED) is 0.819. The Morgan fingerprint density at radius 2 is 1.67 bits per heavy atom. The molecule has 2 N–H and O–H groups in total. The number of nitrogens with one attached hydrogen (secondary N) is 1. The van der Waals surface area contributed by atoms with Gasteiger partial charge in [0, 0.05) is 5.56 Å². The molecule has 0 aromatic heterocycles. The van der Waals surface area contributed by atoms with Gasteiger partial charge in [-0.25, -0.2) is 4.79 Å². The van der Waals surface area contributed by atoms with Crippen molar-refractivity contribution in [3.8, 4) is 5.75 Å². The summed E-state index contributed by atoms with van der Waals surface area (Å²) < 4.78 is 5.64. The molecule has 1 atom stereocenters. The first-order valence-electron chi connectivity index (χ1n) is 7.78. The second kappa shape index (κ2) is 8.15. The number of hydrogen-bond donors (Lipinski definition) is 2. The Labute approximate surface area is 141 Å². The Balaban J connectivity index is 1.95. The van der Waals surface area contributed by atoms with Gasteiger partial charge in [0.1, 0.15) is 18.4 Å².